The van der Waals surface area contributed by atoms with E-state index >= 15 is 0 Å². The van der Waals surface area contributed by atoms with Gasteiger partial charge >= 0.3 is 5.97 Å². The molecule has 6 nitrogen and oxygen atoms in total. The molecule has 1 aromatic rings. The molecule has 0 bridgehead atoms. The summed E-state index contributed by atoms with van der Waals surface area (Å²) in [7, 11) is 1.57. The summed E-state index contributed by atoms with van der Waals surface area (Å²) in [5.41, 5.74) is 2.38. The maximum atomic E-state index is 10.6. The number of carbonyl (C=O) groups is 2. The lowest BCUT2D eigenvalue weighted by Crippen LogP contribution is -2.22. The first-order valence-electron chi connectivity index (χ1n) is 3.70. The number of carboxylic acid groups (broad SMARTS) is 1. The fourth-order valence-corrected chi connectivity index (χ4v) is 1.62. The fourth-order valence-electron chi connectivity index (χ4n) is 0.791. The number of carbonyl (C=O) groups excluding carboxylic acids is 1. The molecular formula is C7H9N3O3S. The lowest BCUT2D eigenvalue weighted by Gasteiger charge is -1.95. The van der Waals surface area contributed by atoms with Gasteiger partial charge in [-0.3, -0.25) is 4.79 Å². The molecular weight excluding hydrogens is 206 g/mol. The number of nitrogens with zero attached hydrogens (tertiary/aromatic N) is 2. The molecule has 0 aliphatic rings. The number of aromatic carboxylic acids is 1. The average Bonchev–Trinajstić information content (AvgIpc) is 2.43. The summed E-state index contributed by atoms with van der Waals surface area (Å²) < 4.78 is 1.39. The maximum Gasteiger partial charge on any atom is 0.353 e. The van der Waals surface area contributed by atoms with Crippen LogP contribution in [0.2, 0.25) is 0 Å². The molecule has 2 N–H and O–H groups in total. The van der Waals surface area contributed by atoms with Crippen molar-refractivity contribution in [3.63, 3.8) is 0 Å². The predicted molar refractivity (Wildman–Crippen MR) is 49.6 cm³/mol. The Bertz CT molecular complexity index is 432. The Morgan fingerprint density at radius 2 is 2.29 bits per heavy atom. The van der Waals surface area contributed by atoms with Crippen LogP contribution < -0.4 is 10.2 Å². The van der Waals surface area contributed by atoms with Gasteiger partial charge in [0.05, 0.1) is 0 Å². The van der Waals surface area contributed by atoms with Gasteiger partial charge < -0.3 is 9.67 Å². The SMILES string of the molecule is CC(=O)NN=c1scc(C(=O)O)n1C. The maximum absolute atomic E-state index is 10.6. The fraction of sp³-hybridized carbons (Fsp3) is 0.286. The monoisotopic (exact) mass is 215 g/mol. The minimum atomic E-state index is -1.02. The van der Waals surface area contributed by atoms with Crippen LogP contribution in [-0.2, 0) is 11.8 Å². The second-order valence-electron chi connectivity index (χ2n) is 2.55. The normalized spacial score (nSPS) is 11.4. The molecule has 1 heterocycles. The van der Waals surface area contributed by atoms with Gasteiger partial charge in [0.2, 0.25) is 10.7 Å². The highest BCUT2D eigenvalue weighted by Crippen LogP contribution is 1.98. The summed E-state index contributed by atoms with van der Waals surface area (Å²) in [4.78, 5) is 21.6. The number of rotatable bonds is 2. The smallest absolute Gasteiger partial charge is 0.353 e. The van der Waals surface area contributed by atoms with Crippen molar-refractivity contribution in [3.8, 4) is 0 Å². The summed E-state index contributed by atoms with van der Waals surface area (Å²) in [6, 6.07) is 0. The van der Waals surface area contributed by atoms with Gasteiger partial charge in [-0.1, -0.05) is 0 Å². The summed E-state index contributed by atoms with van der Waals surface area (Å²) in [6.07, 6.45) is 0. The average molecular weight is 215 g/mol. The Labute approximate surface area is 83.5 Å². The van der Waals surface area contributed by atoms with Gasteiger partial charge in [-0.15, -0.1) is 16.4 Å². The van der Waals surface area contributed by atoms with Crippen molar-refractivity contribution in [1.82, 2.24) is 9.99 Å². The molecule has 0 fully saturated rings. The molecule has 0 unspecified atom stereocenters. The van der Waals surface area contributed by atoms with Gasteiger partial charge in [-0.25, -0.2) is 10.2 Å². The molecule has 0 saturated carbocycles. The van der Waals surface area contributed by atoms with Crippen LogP contribution in [0.1, 0.15) is 17.4 Å². The van der Waals surface area contributed by atoms with Crippen molar-refractivity contribution in [2.75, 3.05) is 0 Å². The quantitative estimate of drug-likeness (QED) is 0.666. The number of amides is 1. The molecule has 1 aromatic heterocycles. The van der Waals surface area contributed by atoms with Crippen molar-refractivity contribution in [2.45, 2.75) is 6.92 Å². The van der Waals surface area contributed by atoms with Crippen LogP contribution in [0.5, 0.6) is 0 Å². The topological polar surface area (TPSA) is 83.7 Å². The van der Waals surface area contributed by atoms with Crippen LogP contribution in [0.3, 0.4) is 0 Å². The van der Waals surface area contributed by atoms with Gasteiger partial charge in [0.25, 0.3) is 0 Å². The van der Waals surface area contributed by atoms with E-state index in [1.165, 1.54) is 16.9 Å². The molecule has 1 amide bonds. The van der Waals surface area contributed by atoms with Gasteiger partial charge in [0, 0.05) is 19.4 Å². The zero-order valence-electron chi connectivity index (χ0n) is 7.64. The highest BCUT2D eigenvalue weighted by atomic mass is 32.1. The third kappa shape index (κ3) is 2.19. The largest absolute Gasteiger partial charge is 0.477 e. The van der Waals surface area contributed by atoms with E-state index in [1.807, 2.05) is 0 Å². The summed E-state index contributed by atoms with van der Waals surface area (Å²) in [5, 5.41) is 13.9. The lowest BCUT2D eigenvalue weighted by atomic mass is 10.5. The molecule has 0 aromatic carbocycles. The molecule has 0 aliphatic carbocycles. The molecule has 0 radical (unpaired) electrons. The van der Waals surface area contributed by atoms with Crippen LogP contribution in [0, 0.1) is 0 Å². The Morgan fingerprint density at radius 3 is 2.71 bits per heavy atom. The molecule has 1 rings (SSSR count). The van der Waals surface area contributed by atoms with E-state index in [4.69, 9.17) is 5.11 Å². The number of hydrogen-bond donors (Lipinski definition) is 2. The van der Waals surface area contributed by atoms with E-state index in [1.54, 1.807) is 7.05 Å². The highest BCUT2D eigenvalue weighted by molar-refractivity contribution is 7.07. The van der Waals surface area contributed by atoms with Crippen molar-refractivity contribution in [3.05, 3.63) is 15.9 Å². The molecule has 0 aliphatic heterocycles. The van der Waals surface area contributed by atoms with Crippen molar-refractivity contribution in [2.24, 2.45) is 12.1 Å². The Balaban J connectivity index is 3.06. The molecule has 7 heteroatoms. The molecule has 0 atom stereocenters. The molecule has 14 heavy (non-hydrogen) atoms. The van der Waals surface area contributed by atoms with Crippen molar-refractivity contribution < 1.29 is 14.7 Å². The van der Waals surface area contributed by atoms with Crippen molar-refractivity contribution in [1.29, 1.82) is 0 Å². The van der Waals surface area contributed by atoms with Crippen LogP contribution in [-0.4, -0.2) is 21.6 Å². The number of thiazole rings is 1. The van der Waals surface area contributed by atoms with Gasteiger partial charge in [0.15, 0.2) is 0 Å². The third-order valence-corrected chi connectivity index (χ3v) is 2.37. The van der Waals surface area contributed by atoms with Gasteiger partial charge in [-0.2, -0.15) is 0 Å². The number of nitrogens with one attached hydrogen (secondary N) is 1. The number of carboxylic acids is 1. The van der Waals surface area contributed by atoms with E-state index < -0.39 is 5.97 Å². The predicted octanol–water partition coefficient (Wildman–Crippen LogP) is -0.263. The second kappa shape index (κ2) is 4.05. The second-order valence-corrected chi connectivity index (χ2v) is 3.38. The standard InChI is InChI=1S/C7H9N3O3S/c1-4(11)8-9-7-10(2)5(3-14-7)6(12)13/h3H,1-2H3,(H,8,11)(H,12,13). The van der Waals surface area contributed by atoms with Crippen LogP contribution in [0.25, 0.3) is 0 Å². The summed E-state index contributed by atoms with van der Waals surface area (Å²) in [6.45, 7) is 1.33. The first-order chi connectivity index (χ1) is 6.52. The molecule has 76 valence electrons. The van der Waals surface area contributed by atoms with E-state index in [0.29, 0.717) is 4.80 Å². The van der Waals surface area contributed by atoms with E-state index in [0.717, 1.165) is 11.3 Å². The minimum Gasteiger partial charge on any atom is -0.477 e. The first-order valence-corrected chi connectivity index (χ1v) is 4.58. The highest BCUT2D eigenvalue weighted by Gasteiger charge is 2.08. The Hall–Kier alpha value is -1.63. The number of hydrogen-bond acceptors (Lipinski definition) is 4. The molecule has 0 saturated heterocycles. The Morgan fingerprint density at radius 1 is 1.64 bits per heavy atom. The lowest BCUT2D eigenvalue weighted by molar-refractivity contribution is -0.119. The summed E-state index contributed by atoms with van der Waals surface area (Å²) >= 11 is 1.15. The zero-order valence-corrected chi connectivity index (χ0v) is 8.46. The minimum absolute atomic E-state index is 0.138. The third-order valence-electron chi connectivity index (χ3n) is 1.45. The zero-order chi connectivity index (χ0) is 10.7. The van der Waals surface area contributed by atoms with Crippen LogP contribution in [0.15, 0.2) is 10.5 Å². The first kappa shape index (κ1) is 10.5. The van der Waals surface area contributed by atoms with E-state index in [-0.39, 0.29) is 11.6 Å². The van der Waals surface area contributed by atoms with Crippen LogP contribution >= 0.6 is 11.3 Å². The van der Waals surface area contributed by atoms with Gasteiger partial charge in [-0.05, 0) is 0 Å². The summed E-state index contributed by atoms with van der Waals surface area (Å²) in [5.74, 6) is -1.32. The van der Waals surface area contributed by atoms with E-state index in [9.17, 15) is 9.59 Å². The van der Waals surface area contributed by atoms with E-state index in [2.05, 4.69) is 10.5 Å². The van der Waals surface area contributed by atoms with Crippen molar-refractivity contribution >= 4 is 23.2 Å². The number of aromatic nitrogens is 1. The van der Waals surface area contributed by atoms with Crippen LogP contribution in [0.4, 0.5) is 0 Å². The van der Waals surface area contributed by atoms with Gasteiger partial charge in [0.1, 0.15) is 5.69 Å². The Kier molecular flexibility index (Phi) is 3.03. The molecule has 0 spiro atoms.